The molecule has 0 spiro atoms. The largest absolute Gasteiger partial charge is 0.222 e. The third-order valence-electron chi connectivity index (χ3n) is 4.29. The Morgan fingerprint density at radius 3 is 1.96 bits per heavy atom. The second-order valence-corrected chi connectivity index (χ2v) is 6.52. The van der Waals surface area contributed by atoms with E-state index in [1.54, 1.807) is 0 Å². The van der Waals surface area contributed by atoms with Gasteiger partial charge in [-0.25, -0.2) is 4.68 Å². The van der Waals surface area contributed by atoms with E-state index in [0.29, 0.717) is 0 Å². The molecule has 3 heteroatoms. The third-order valence-corrected chi connectivity index (χ3v) is 4.73. The molecule has 26 heavy (non-hydrogen) atoms. The van der Waals surface area contributed by atoms with Crippen LogP contribution in [0.15, 0.2) is 97.1 Å². The quantitative estimate of drug-likeness (QED) is 0.427. The molecular weight excluding hydrogens is 336 g/mol. The number of hydrogen-bond acceptors (Lipinski definition) is 2. The Balaban J connectivity index is 1.89. The molecule has 0 saturated heterocycles. The van der Waals surface area contributed by atoms with Crippen LogP contribution in [-0.2, 0) is 6.42 Å². The van der Waals surface area contributed by atoms with Gasteiger partial charge in [0.25, 0.3) is 0 Å². The Bertz CT molecular complexity index is 1060. The number of para-hydroxylation sites is 1. The molecule has 1 aromatic heterocycles. The maximum absolute atomic E-state index is 5.78. The van der Waals surface area contributed by atoms with Gasteiger partial charge in [-0.05, 0) is 29.3 Å². The smallest absolute Gasteiger partial charge is 0.132 e. The van der Waals surface area contributed by atoms with Crippen molar-refractivity contribution in [2.45, 2.75) is 6.42 Å². The normalized spacial score (nSPS) is 10.6. The van der Waals surface area contributed by atoms with Crippen molar-refractivity contribution in [3.8, 4) is 16.9 Å². The van der Waals surface area contributed by atoms with E-state index in [4.69, 9.17) is 17.3 Å². The molecule has 0 unspecified atom stereocenters. The third kappa shape index (κ3) is 3.48. The highest BCUT2D eigenvalue weighted by Crippen LogP contribution is 2.22. The first kappa shape index (κ1) is 16.4. The first-order valence-corrected chi connectivity index (χ1v) is 9.00. The highest BCUT2D eigenvalue weighted by atomic mass is 32.1. The molecular formula is C23H18N2S. The molecule has 4 aromatic rings. The van der Waals surface area contributed by atoms with Crippen molar-refractivity contribution in [3.05, 3.63) is 113 Å². The predicted octanol–water partition coefficient (Wildman–Crippen LogP) is 5.86. The molecule has 126 valence electrons. The Kier molecular flexibility index (Phi) is 4.71. The number of aromatic nitrogens is 2. The highest BCUT2D eigenvalue weighted by Gasteiger charge is 2.09. The van der Waals surface area contributed by atoms with E-state index < -0.39 is 0 Å². The lowest BCUT2D eigenvalue weighted by Crippen LogP contribution is -2.07. The monoisotopic (exact) mass is 354 g/mol. The summed E-state index contributed by atoms with van der Waals surface area (Å²) < 4.78 is 2.62. The predicted molar refractivity (Wildman–Crippen MR) is 109 cm³/mol. The number of benzene rings is 3. The molecule has 0 aliphatic carbocycles. The van der Waals surface area contributed by atoms with Gasteiger partial charge in [-0.15, -0.1) is 0 Å². The summed E-state index contributed by atoms with van der Waals surface area (Å²) in [6.07, 6.45) is 0.787. The van der Waals surface area contributed by atoms with Crippen LogP contribution in [-0.4, -0.2) is 9.78 Å². The van der Waals surface area contributed by atoms with Gasteiger partial charge in [-0.2, -0.15) is 5.10 Å². The summed E-state index contributed by atoms with van der Waals surface area (Å²) in [5.74, 6) is 0. The van der Waals surface area contributed by atoms with Gasteiger partial charge in [-0.3, -0.25) is 0 Å². The van der Waals surface area contributed by atoms with E-state index in [1.807, 2.05) is 59.3 Å². The molecule has 0 atom stereocenters. The zero-order valence-electron chi connectivity index (χ0n) is 14.2. The Morgan fingerprint density at radius 1 is 0.731 bits per heavy atom. The topological polar surface area (TPSA) is 17.8 Å². The average Bonchev–Trinajstić information content (AvgIpc) is 2.71. The number of rotatable bonds is 4. The van der Waals surface area contributed by atoms with Crippen molar-refractivity contribution >= 4 is 12.2 Å². The van der Waals surface area contributed by atoms with Crippen LogP contribution in [0.25, 0.3) is 16.9 Å². The first-order chi connectivity index (χ1) is 12.8. The van der Waals surface area contributed by atoms with Crippen molar-refractivity contribution in [1.82, 2.24) is 9.78 Å². The van der Waals surface area contributed by atoms with Crippen LogP contribution in [0.2, 0.25) is 0 Å². The van der Waals surface area contributed by atoms with Crippen LogP contribution in [0.5, 0.6) is 0 Å². The Hall–Kier alpha value is -3.04. The van der Waals surface area contributed by atoms with Crippen molar-refractivity contribution in [2.24, 2.45) is 0 Å². The van der Waals surface area contributed by atoms with Crippen molar-refractivity contribution in [2.75, 3.05) is 0 Å². The van der Waals surface area contributed by atoms with E-state index in [2.05, 4.69) is 42.5 Å². The van der Waals surface area contributed by atoms with E-state index in [-0.39, 0.29) is 0 Å². The molecule has 0 aliphatic rings. The Morgan fingerprint density at radius 2 is 1.31 bits per heavy atom. The van der Waals surface area contributed by atoms with Crippen LogP contribution < -0.4 is 0 Å². The SMILES string of the molecule is S=c1c(Cc2ccccc2)cc(-c2ccccc2)nn1-c1ccccc1. The molecule has 0 aliphatic heterocycles. The molecule has 0 fully saturated rings. The van der Waals surface area contributed by atoms with Gasteiger partial charge in [0.15, 0.2) is 0 Å². The minimum Gasteiger partial charge on any atom is -0.222 e. The standard InChI is InChI=1S/C23H18N2S/c26-23-20(16-18-10-4-1-5-11-18)17-22(19-12-6-2-7-13-19)24-25(23)21-14-8-3-9-15-21/h1-15,17H,16H2. The zero-order valence-corrected chi connectivity index (χ0v) is 15.1. The summed E-state index contributed by atoms with van der Waals surface area (Å²) in [5, 5.41) is 4.83. The molecule has 0 bridgehead atoms. The average molecular weight is 354 g/mol. The lowest BCUT2D eigenvalue weighted by atomic mass is 10.0. The summed E-state index contributed by atoms with van der Waals surface area (Å²) >= 11 is 5.78. The number of nitrogens with zero attached hydrogens (tertiary/aromatic N) is 2. The minimum atomic E-state index is 0.750. The van der Waals surface area contributed by atoms with Gasteiger partial charge in [0, 0.05) is 12.0 Å². The molecule has 0 N–H and O–H groups in total. The van der Waals surface area contributed by atoms with Crippen molar-refractivity contribution in [1.29, 1.82) is 0 Å². The van der Waals surface area contributed by atoms with Gasteiger partial charge >= 0.3 is 0 Å². The second-order valence-electron chi connectivity index (χ2n) is 6.14. The lowest BCUT2D eigenvalue weighted by molar-refractivity contribution is 0.819. The van der Waals surface area contributed by atoms with Crippen LogP contribution in [0.4, 0.5) is 0 Å². The van der Waals surface area contributed by atoms with E-state index in [9.17, 15) is 0 Å². The van der Waals surface area contributed by atoms with Crippen LogP contribution >= 0.6 is 12.2 Å². The van der Waals surface area contributed by atoms with Gasteiger partial charge in [0.1, 0.15) is 4.64 Å². The first-order valence-electron chi connectivity index (χ1n) is 8.59. The van der Waals surface area contributed by atoms with E-state index in [1.165, 1.54) is 5.56 Å². The molecule has 0 radical (unpaired) electrons. The summed E-state index contributed by atoms with van der Waals surface area (Å²) in [5.41, 5.74) is 5.33. The maximum atomic E-state index is 5.78. The lowest BCUT2D eigenvalue weighted by Gasteiger charge is -2.13. The second kappa shape index (κ2) is 7.46. The summed E-state index contributed by atoms with van der Waals surface area (Å²) in [6.45, 7) is 0. The van der Waals surface area contributed by atoms with Crippen molar-refractivity contribution < 1.29 is 0 Å². The molecule has 0 amide bonds. The molecule has 0 saturated carbocycles. The zero-order chi connectivity index (χ0) is 17.8. The van der Waals surface area contributed by atoms with Crippen LogP contribution in [0, 0.1) is 4.64 Å². The summed E-state index contributed by atoms with van der Waals surface area (Å²) in [7, 11) is 0. The van der Waals surface area contributed by atoms with E-state index in [0.717, 1.165) is 33.6 Å². The van der Waals surface area contributed by atoms with Gasteiger partial charge in [-0.1, -0.05) is 91.1 Å². The van der Waals surface area contributed by atoms with Crippen LogP contribution in [0.3, 0.4) is 0 Å². The summed E-state index contributed by atoms with van der Waals surface area (Å²) in [4.78, 5) is 0. The summed E-state index contributed by atoms with van der Waals surface area (Å²) in [6, 6.07) is 32.8. The van der Waals surface area contributed by atoms with Gasteiger partial charge < -0.3 is 0 Å². The Labute approximate surface area is 158 Å². The molecule has 1 heterocycles. The van der Waals surface area contributed by atoms with Crippen molar-refractivity contribution in [3.63, 3.8) is 0 Å². The fraction of sp³-hybridized carbons (Fsp3) is 0.0435. The maximum Gasteiger partial charge on any atom is 0.132 e. The highest BCUT2D eigenvalue weighted by molar-refractivity contribution is 7.71. The van der Waals surface area contributed by atoms with Crippen LogP contribution in [0.1, 0.15) is 11.1 Å². The number of hydrogen-bond donors (Lipinski definition) is 0. The fourth-order valence-corrected chi connectivity index (χ4v) is 3.26. The molecule has 2 nitrogen and oxygen atoms in total. The van der Waals surface area contributed by atoms with Gasteiger partial charge in [0.05, 0.1) is 11.4 Å². The fourth-order valence-electron chi connectivity index (χ4n) is 2.98. The molecule has 3 aromatic carbocycles. The van der Waals surface area contributed by atoms with Gasteiger partial charge in [0.2, 0.25) is 0 Å². The minimum absolute atomic E-state index is 0.750. The van der Waals surface area contributed by atoms with E-state index >= 15 is 0 Å². The molecule has 4 rings (SSSR count).